The molecule has 0 bridgehead atoms. The normalized spacial score (nSPS) is 15.7. The van der Waals surface area contributed by atoms with E-state index >= 15 is 0 Å². The average molecular weight is 398 g/mol. The van der Waals surface area contributed by atoms with E-state index in [-0.39, 0.29) is 0 Å². The lowest BCUT2D eigenvalue weighted by atomic mass is 10.1. The van der Waals surface area contributed by atoms with E-state index in [0.29, 0.717) is 42.8 Å². The van der Waals surface area contributed by atoms with Crippen molar-refractivity contribution >= 4 is 26.6 Å². The van der Waals surface area contributed by atoms with Crippen molar-refractivity contribution in [1.29, 1.82) is 0 Å². The highest BCUT2D eigenvalue weighted by molar-refractivity contribution is 7.89. The Bertz CT molecular complexity index is 1100. The molecule has 2 heterocycles. The molecule has 0 radical (unpaired) electrons. The van der Waals surface area contributed by atoms with Crippen LogP contribution >= 0.6 is 0 Å². The van der Waals surface area contributed by atoms with Crippen molar-refractivity contribution in [1.82, 2.24) is 14.3 Å². The van der Waals surface area contributed by atoms with Crippen LogP contribution in [0.2, 0.25) is 0 Å². The van der Waals surface area contributed by atoms with Crippen molar-refractivity contribution in [2.45, 2.75) is 11.8 Å². The van der Waals surface area contributed by atoms with E-state index in [1.165, 1.54) is 0 Å². The van der Waals surface area contributed by atoms with Crippen LogP contribution in [0.4, 0.5) is 5.82 Å². The van der Waals surface area contributed by atoms with E-state index in [9.17, 15) is 8.42 Å². The van der Waals surface area contributed by atoms with E-state index in [0.717, 1.165) is 16.6 Å². The number of nitrogens with zero attached hydrogens (tertiary/aromatic N) is 4. The monoisotopic (exact) mass is 398 g/mol. The number of rotatable bonds is 4. The van der Waals surface area contributed by atoms with Gasteiger partial charge in [-0.05, 0) is 18.4 Å². The predicted octanol–water partition coefficient (Wildman–Crippen LogP) is 2.46. The molecule has 1 aromatic heterocycles. The van der Waals surface area contributed by atoms with E-state index in [1.54, 1.807) is 29.6 Å². The van der Waals surface area contributed by atoms with Gasteiger partial charge < -0.3 is 9.64 Å². The summed E-state index contributed by atoms with van der Waals surface area (Å²) in [7, 11) is -2.00. The number of anilines is 1. The zero-order valence-corrected chi connectivity index (χ0v) is 16.7. The topological polar surface area (TPSA) is 75.6 Å². The van der Waals surface area contributed by atoms with Gasteiger partial charge in [-0.25, -0.2) is 13.4 Å². The summed E-state index contributed by atoms with van der Waals surface area (Å²) in [5.74, 6) is 1.89. The third kappa shape index (κ3) is 3.41. The van der Waals surface area contributed by atoms with Gasteiger partial charge in [0.05, 0.1) is 12.0 Å². The van der Waals surface area contributed by atoms with Gasteiger partial charge in [0.2, 0.25) is 15.9 Å². The number of fused-ring (bicyclic) bond motifs is 1. The van der Waals surface area contributed by atoms with E-state index in [1.807, 2.05) is 37.3 Å². The van der Waals surface area contributed by atoms with Gasteiger partial charge in [-0.1, -0.05) is 36.4 Å². The Hall–Kier alpha value is -2.71. The molecule has 1 fully saturated rings. The molecule has 1 aliphatic heterocycles. The second kappa shape index (κ2) is 7.37. The lowest BCUT2D eigenvalue weighted by Crippen LogP contribution is -2.49. The summed E-state index contributed by atoms with van der Waals surface area (Å²) in [5.41, 5.74) is 0. The smallest absolute Gasteiger partial charge is 0.243 e. The second-order valence-electron chi connectivity index (χ2n) is 6.68. The number of hydrogen-bond donors (Lipinski definition) is 0. The summed E-state index contributed by atoms with van der Waals surface area (Å²) in [6, 6.07) is 14.7. The highest BCUT2D eigenvalue weighted by Gasteiger charge is 2.30. The van der Waals surface area contributed by atoms with Crippen LogP contribution in [0.15, 0.2) is 53.4 Å². The SMILES string of the molecule is COc1cc(N2CCN(S(=O)(=O)c3cccc4ccccc34)CC2)nc(C)n1. The predicted molar refractivity (Wildman–Crippen MR) is 108 cm³/mol. The van der Waals surface area contributed by atoms with Crippen LogP contribution < -0.4 is 9.64 Å². The Labute approximate surface area is 164 Å². The fourth-order valence-corrected chi connectivity index (χ4v) is 5.15. The quantitative estimate of drug-likeness (QED) is 0.672. The summed E-state index contributed by atoms with van der Waals surface area (Å²) in [6.07, 6.45) is 0. The first-order chi connectivity index (χ1) is 13.5. The number of ether oxygens (including phenoxy) is 1. The number of aryl methyl sites for hydroxylation is 1. The number of benzene rings is 2. The molecule has 146 valence electrons. The molecular formula is C20H22N4O3S. The van der Waals surface area contributed by atoms with Gasteiger partial charge in [-0.2, -0.15) is 9.29 Å². The lowest BCUT2D eigenvalue weighted by Gasteiger charge is -2.35. The molecular weight excluding hydrogens is 376 g/mol. The molecule has 0 spiro atoms. The number of methoxy groups -OCH3 is 1. The van der Waals surface area contributed by atoms with Crippen molar-refractivity contribution in [2.75, 3.05) is 38.2 Å². The van der Waals surface area contributed by atoms with E-state index in [4.69, 9.17) is 4.74 Å². The van der Waals surface area contributed by atoms with Gasteiger partial charge in [0.15, 0.2) is 0 Å². The molecule has 1 aliphatic rings. The fourth-order valence-electron chi connectivity index (χ4n) is 3.51. The van der Waals surface area contributed by atoms with Gasteiger partial charge in [0.25, 0.3) is 0 Å². The second-order valence-corrected chi connectivity index (χ2v) is 8.59. The Balaban J connectivity index is 1.57. The van der Waals surface area contributed by atoms with Gasteiger partial charge in [-0.15, -0.1) is 0 Å². The molecule has 4 rings (SSSR count). The van der Waals surface area contributed by atoms with Gasteiger partial charge in [0.1, 0.15) is 11.6 Å². The Morgan fingerprint density at radius 2 is 1.68 bits per heavy atom. The molecule has 28 heavy (non-hydrogen) atoms. The fraction of sp³-hybridized carbons (Fsp3) is 0.300. The summed E-state index contributed by atoms with van der Waals surface area (Å²) in [5, 5.41) is 1.68. The Morgan fingerprint density at radius 1 is 0.964 bits per heavy atom. The van der Waals surface area contributed by atoms with Crippen LogP contribution in [-0.2, 0) is 10.0 Å². The summed E-state index contributed by atoms with van der Waals surface area (Å²) in [4.78, 5) is 11.1. The average Bonchev–Trinajstić information content (AvgIpc) is 2.73. The van der Waals surface area contributed by atoms with Crippen LogP contribution in [-0.4, -0.2) is 56.0 Å². The first-order valence-electron chi connectivity index (χ1n) is 9.11. The molecule has 8 heteroatoms. The van der Waals surface area contributed by atoms with Crippen LogP contribution in [0.1, 0.15) is 5.82 Å². The molecule has 0 amide bonds. The minimum Gasteiger partial charge on any atom is -0.481 e. The number of piperazine rings is 1. The van der Waals surface area contributed by atoms with Gasteiger partial charge >= 0.3 is 0 Å². The molecule has 0 atom stereocenters. The highest BCUT2D eigenvalue weighted by atomic mass is 32.2. The molecule has 3 aromatic rings. The summed E-state index contributed by atoms with van der Waals surface area (Å²) < 4.78 is 33.3. The molecule has 0 aliphatic carbocycles. The van der Waals surface area contributed by atoms with Crippen molar-refractivity contribution in [2.24, 2.45) is 0 Å². The summed E-state index contributed by atoms with van der Waals surface area (Å²) >= 11 is 0. The summed E-state index contributed by atoms with van der Waals surface area (Å²) in [6.45, 7) is 3.73. The maximum atomic E-state index is 13.3. The minimum absolute atomic E-state index is 0.360. The van der Waals surface area contributed by atoms with Gasteiger partial charge in [0, 0.05) is 37.6 Å². The lowest BCUT2D eigenvalue weighted by molar-refractivity contribution is 0.380. The first kappa shape index (κ1) is 18.6. The third-order valence-corrected chi connectivity index (χ3v) is 6.90. The molecule has 0 saturated carbocycles. The zero-order valence-electron chi connectivity index (χ0n) is 15.9. The number of sulfonamides is 1. The van der Waals surface area contributed by atoms with Crippen LogP contribution in [0.25, 0.3) is 10.8 Å². The number of hydrogen-bond acceptors (Lipinski definition) is 6. The Kier molecular flexibility index (Phi) is 4.91. The van der Waals surface area contributed by atoms with Crippen LogP contribution in [0.5, 0.6) is 5.88 Å². The molecule has 0 unspecified atom stereocenters. The van der Waals surface area contributed by atoms with Crippen LogP contribution in [0.3, 0.4) is 0 Å². The molecule has 1 saturated heterocycles. The largest absolute Gasteiger partial charge is 0.481 e. The van der Waals surface area contributed by atoms with Crippen molar-refractivity contribution < 1.29 is 13.2 Å². The third-order valence-electron chi connectivity index (χ3n) is 4.94. The van der Waals surface area contributed by atoms with Crippen molar-refractivity contribution in [3.8, 4) is 5.88 Å². The maximum Gasteiger partial charge on any atom is 0.243 e. The van der Waals surface area contributed by atoms with Crippen LogP contribution in [0, 0.1) is 6.92 Å². The van der Waals surface area contributed by atoms with E-state index in [2.05, 4.69) is 14.9 Å². The zero-order chi connectivity index (χ0) is 19.7. The molecule has 0 N–H and O–H groups in total. The highest BCUT2D eigenvalue weighted by Crippen LogP contribution is 2.27. The molecule has 7 nitrogen and oxygen atoms in total. The first-order valence-corrected chi connectivity index (χ1v) is 10.6. The van der Waals surface area contributed by atoms with Gasteiger partial charge in [-0.3, -0.25) is 0 Å². The molecule has 2 aromatic carbocycles. The van der Waals surface area contributed by atoms with Crippen molar-refractivity contribution in [3.05, 3.63) is 54.4 Å². The Morgan fingerprint density at radius 3 is 2.43 bits per heavy atom. The minimum atomic E-state index is -3.57. The maximum absolute atomic E-state index is 13.3. The van der Waals surface area contributed by atoms with E-state index < -0.39 is 10.0 Å². The van der Waals surface area contributed by atoms with Crippen molar-refractivity contribution in [3.63, 3.8) is 0 Å². The number of aromatic nitrogens is 2. The standard InChI is InChI=1S/C20H22N4O3S/c1-15-21-19(14-20(22-15)27-2)23-10-12-24(13-11-23)28(25,26)18-9-5-7-16-6-3-4-8-17(16)18/h3-9,14H,10-13H2,1-2H3.